The molecule has 1 nitrogen and oxygen atoms in total. The maximum absolute atomic E-state index is 9.88. The molecule has 0 aromatic heterocycles. The minimum Gasteiger partial charge on any atom is -0.233 e. The molecule has 0 aromatic rings. The van der Waals surface area contributed by atoms with Gasteiger partial charge in [-0.2, -0.15) is 0 Å². The van der Waals surface area contributed by atoms with E-state index in [1.54, 1.807) is 12.0 Å². The second-order valence-corrected chi connectivity index (χ2v) is 1.52. The summed E-state index contributed by atoms with van der Waals surface area (Å²) in [4.78, 5) is 9.88. The zero-order chi connectivity index (χ0) is 5.82. The van der Waals surface area contributed by atoms with E-state index in [1.165, 1.54) is 0 Å². The molecule has 0 atom stereocenters. The summed E-state index contributed by atoms with van der Waals surface area (Å²) < 4.78 is 0. The third-order valence-corrected chi connectivity index (χ3v) is 0.935. The average molecular weight is 105 g/mol. The van der Waals surface area contributed by atoms with Crippen LogP contribution < -0.4 is 0 Å². The van der Waals surface area contributed by atoms with Gasteiger partial charge in [-0.15, -0.1) is 0 Å². The molecule has 0 bridgehead atoms. The van der Waals surface area contributed by atoms with Gasteiger partial charge in [0.2, 0.25) is 0 Å². The Labute approximate surface area is 48.0 Å². The predicted molar refractivity (Wildman–Crippen MR) is 30.8 cm³/mol. The molecule has 0 aromatic carbocycles. The lowest BCUT2D eigenvalue weighted by Gasteiger charge is -1.91. The van der Waals surface area contributed by atoms with E-state index in [1.807, 2.05) is 12.2 Å². The van der Waals surface area contributed by atoms with Crippen molar-refractivity contribution >= 4 is 5.94 Å². The Morgan fingerprint density at radius 1 is 1.75 bits per heavy atom. The quantitative estimate of drug-likeness (QED) is 0.421. The molecule has 0 heterocycles. The van der Waals surface area contributed by atoms with Crippen molar-refractivity contribution in [1.29, 1.82) is 0 Å². The fraction of sp³-hybridized carbons (Fsp3) is 0.143. The van der Waals surface area contributed by atoms with Crippen molar-refractivity contribution in [2.75, 3.05) is 0 Å². The number of allylic oxidation sites excluding steroid dienone is 5. The molecule has 0 unspecified atom stereocenters. The Bertz CT molecular complexity index is 181. The standard InChI is InChI=1S/C7H5O/c8-6-7-4-2-1-3-5-7/h1-3H,4H2. The highest BCUT2D eigenvalue weighted by molar-refractivity contribution is 5.56. The monoisotopic (exact) mass is 105 g/mol. The summed E-state index contributed by atoms with van der Waals surface area (Å²) in [5.74, 6) is 1.78. The average Bonchev–Trinajstić information content (AvgIpc) is 1.90. The number of hydrogen-bond acceptors (Lipinski definition) is 1. The Balaban J connectivity index is 2.80. The van der Waals surface area contributed by atoms with Gasteiger partial charge >= 0.3 is 0 Å². The Kier molecular flexibility index (Phi) is 1.45. The molecule has 0 aliphatic heterocycles. The van der Waals surface area contributed by atoms with Crippen LogP contribution >= 0.6 is 0 Å². The number of hydrogen-bond donors (Lipinski definition) is 0. The van der Waals surface area contributed by atoms with Crippen LogP contribution in [0.15, 0.2) is 23.8 Å². The molecule has 0 saturated carbocycles. The van der Waals surface area contributed by atoms with Crippen LogP contribution in [0.2, 0.25) is 0 Å². The largest absolute Gasteiger partial charge is 0.233 e. The van der Waals surface area contributed by atoms with E-state index in [2.05, 4.69) is 6.08 Å². The number of carbonyl (C=O) groups excluding carboxylic acids is 1. The first-order valence-corrected chi connectivity index (χ1v) is 2.42. The molecule has 0 N–H and O–H groups in total. The fourth-order valence-corrected chi connectivity index (χ4v) is 0.533. The van der Waals surface area contributed by atoms with Crippen LogP contribution in [-0.4, -0.2) is 5.94 Å². The van der Waals surface area contributed by atoms with Gasteiger partial charge in [-0.25, -0.2) is 4.79 Å². The van der Waals surface area contributed by atoms with E-state index in [9.17, 15) is 4.79 Å². The molecule has 39 valence electrons. The van der Waals surface area contributed by atoms with Crippen LogP contribution in [0.3, 0.4) is 0 Å². The third kappa shape index (κ3) is 0.955. The van der Waals surface area contributed by atoms with Crippen LogP contribution in [0.25, 0.3) is 0 Å². The summed E-state index contributed by atoms with van der Waals surface area (Å²) in [6, 6.07) is 0. The highest BCUT2D eigenvalue weighted by atomic mass is 16.1. The normalized spacial score (nSPS) is 16.2. The van der Waals surface area contributed by atoms with Gasteiger partial charge in [0.05, 0.1) is 0 Å². The van der Waals surface area contributed by atoms with Gasteiger partial charge in [0.15, 0.2) is 0 Å². The summed E-state index contributed by atoms with van der Waals surface area (Å²) in [6.45, 7) is 0. The van der Waals surface area contributed by atoms with Crippen molar-refractivity contribution in [2.24, 2.45) is 0 Å². The highest BCUT2D eigenvalue weighted by Gasteiger charge is 1.91. The minimum atomic E-state index is 0.604. The van der Waals surface area contributed by atoms with Crippen molar-refractivity contribution in [3.05, 3.63) is 29.9 Å². The van der Waals surface area contributed by atoms with E-state index in [-0.39, 0.29) is 0 Å². The second-order valence-electron chi connectivity index (χ2n) is 1.52. The van der Waals surface area contributed by atoms with Gasteiger partial charge in [-0.3, -0.25) is 0 Å². The highest BCUT2D eigenvalue weighted by Crippen LogP contribution is 2.03. The first-order valence-electron chi connectivity index (χ1n) is 2.42. The van der Waals surface area contributed by atoms with Crippen LogP contribution in [0, 0.1) is 6.08 Å². The van der Waals surface area contributed by atoms with Crippen molar-refractivity contribution in [2.45, 2.75) is 6.42 Å². The van der Waals surface area contributed by atoms with Crippen molar-refractivity contribution in [3.8, 4) is 0 Å². The lowest BCUT2D eigenvalue weighted by atomic mass is 10.1. The van der Waals surface area contributed by atoms with E-state index in [4.69, 9.17) is 0 Å². The van der Waals surface area contributed by atoms with Gasteiger partial charge < -0.3 is 0 Å². The van der Waals surface area contributed by atoms with Crippen LogP contribution in [0.4, 0.5) is 0 Å². The fourth-order valence-electron chi connectivity index (χ4n) is 0.533. The van der Waals surface area contributed by atoms with Gasteiger partial charge in [-0.05, 0) is 6.08 Å². The van der Waals surface area contributed by atoms with Crippen LogP contribution in [0.1, 0.15) is 6.42 Å². The van der Waals surface area contributed by atoms with Gasteiger partial charge in [0.1, 0.15) is 5.94 Å². The van der Waals surface area contributed by atoms with Crippen molar-refractivity contribution in [3.63, 3.8) is 0 Å². The Morgan fingerprint density at radius 3 is 3.00 bits per heavy atom. The topological polar surface area (TPSA) is 17.1 Å². The van der Waals surface area contributed by atoms with Crippen LogP contribution in [0.5, 0.6) is 0 Å². The lowest BCUT2D eigenvalue weighted by Crippen LogP contribution is -1.80. The molecule has 1 aliphatic carbocycles. The smallest absolute Gasteiger partial charge is 0.128 e. The van der Waals surface area contributed by atoms with Crippen LogP contribution in [-0.2, 0) is 4.79 Å². The molecule has 0 spiro atoms. The second kappa shape index (κ2) is 2.29. The van der Waals surface area contributed by atoms with E-state index in [0.717, 1.165) is 0 Å². The summed E-state index contributed by atoms with van der Waals surface area (Å²) in [5, 5.41) is 0. The molecule has 1 heteroatoms. The Hall–Kier alpha value is -1.07. The minimum absolute atomic E-state index is 0.604. The van der Waals surface area contributed by atoms with Crippen molar-refractivity contribution < 1.29 is 4.79 Å². The Morgan fingerprint density at radius 2 is 2.62 bits per heavy atom. The van der Waals surface area contributed by atoms with Gasteiger partial charge in [0.25, 0.3) is 0 Å². The van der Waals surface area contributed by atoms with E-state index < -0.39 is 0 Å². The SMILES string of the molecule is O=C=C1[C]=CC=CC1. The first-order chi connectivity index (χ1) is 3.93. The molecular formula is C7H5O. The summed E-state index contributed by atoms with van der Waals surface area (Å²) in [7, 11) is 0. The molecule has 1 radical (unpaired) electrons. The molecular weight excluding hydrogens is 100 g/mol. The molecule has 1 rings (SSSR count). The zero-order valence-corrected chi connectivity index (χ0v) is 4.35. The lowest BCUT2D eigenvalue weighted by molar-refractivity contribution is 0.567. The maximum atomic E-state index is 9.88. The van der Waals surface area contributed by atoms with Crippen molar-refractivity contribution in [1.82, 2.24) is 0 Å². The van der Waals surface area contributed by atoms with E-state index >= 15 is 0 Å². The van der Waals surface area contributed by atoms with Gasteiger partial charge in [0, 0.05) is 12.0 Å². The molecule has 0 saturated heterocycles. The first kappa shape index (κ1) is 5.07. The molecule has 0 amide bonds. The maximum Gasteiger partial charge on any atom is 0.128 e. The number of rotatable bonds is 0. The van der Waals surface area contributed by atoms with Gasteiger partial charge in [-0.1, -0.05) is 18.2 Å². The molecule has 1 aliphatic rings. The summed E-state index contributed by atoms with van der Waals surface area (Å²) >= 11 is 0. The third-order valence-electron chi connectivity index (χ3n) is 0.935. The summed E-state index contributed by atoms with van der Waals surface area (Å²) in [5.41, 5.74) is 0.604. The summed E-state index contributed by atoms with van der Waals surface area (Å²) in [6.07, 6.45) is 8.90. The molecule has 8 heavy (non-hydrogen) atoms. The van der Waals surface area contributed by atoms with E-state index in [0.29, 0.717) is 12.0 Å². The zero-order valence-electron chi connectivity index (χ0n) is 4.35. The molecule has 0 fully saturated rings. The predicted octanol–water partition coefficient (Wildman–Crippen LogP) is 1.06.